The summed E-state index contributed by atoms with van der Waals surface area (Å²) in [5.74, 6) is 0.890. The van der Waals surface area contributed by atoms with Crippen molar-refractivity contribution in [3.05, 3.63) is 0 Å². The molecular weight excluding hydrogens is 184 g/mol. The van der Waals surface area contributed by atoms with Crippen molar-refractivity contribution in [2.24, 2.45) is 5.92 Å². The lowest BCUT2D eigenvalue weighted by molar-refractivity contribution is 0.193. The summed E-state index contributed by atoms with van der Waals surface area (Å²) in [7, 11) is 2.25. The van der Waals surface area contributed by atoms with Crippen LogP contribution in [0, 0.1) is 5.92 Å². The summed E-state index contributed by atoms with van der Waals surface area (Å²) in [5, 5.41) is 3.82. The molecule has 2 fully saturated rings. The number of nitrogens with zero attached hydrogens (tertiary/aromatic N) is 1. The molecule has 1 atom stereocenters. The largest absolute Gasteiger partial charge is 0.311 e. The average molecular weight is 210 g/mol. The van der Waals surface area contributed by atoms with Crippen LogP contribution in [0.5, 0.6) is 0 Å². The third-order valence-corrected chi connectivity index (χ3v) is 4.25. The van der Waals surface area contributed by atoms with E-state index in [2.05, 4.69) is 24.2 Å². The Morgan fingerprint density at radius 3 is 2.67 bits per heavy atom. The molecule has 15 heavy (non-hydrogen) atoms. The summed E-state index contributed by atoms with van der Waals surface area (Å²) >= 11 is 0. The standard InChI is InChI=1S/C13H26N2/c1-13(7-3-4-8-13)14-10-12-6-5-9-15(2)11-12/h12,14H,3-11H2,1-2H3. The molecule has 1 aliphatic carbocycles. The summed E-state index contributed by atoms with van der Waals surface area (Å²) in [5.41, 5.74) is 0.468. The van der Waals surface area contributed by atoms with E-state index in [4.69, 9.17) is 0 Å². The van der Waals surface area contributed by atoms with Crippen LogP contribution in [-0.4, -0.2) is 37.1 Å². The van der Waals surface area contributed by atoms with E-state index >= 15 is 0 Å². The summed E-state index contributed by atoms with van der Waals surface area (Å²) in [4.78, 5) is 2.48. The van der Waals surface area contributed by atoms with Crippen molar-refractivity contribution in [1.82, 2.24) is 10.2 Å². The molecule has 1 unspecified atom stereocenters. The third-order valence-electron chi connectivity index (χ3n) is 4.25. The molecule has 88 valence electrons. The minimum Gasteiger partial charge on any atom is -0.311 e. The summed E-state index contributed by atoms with van der Waals surface area (Å²) in [6.07, 6.45) is 8.43. The minimum absolute atomic E-state index is 0.468. The van der Waals surface area contributed by atoms with Crippen LogP contribution >= 0.6 is 0 Å². The lowest BCUT2D eigenvalue weighted by atomic mass is 9.95. The van der Waals surface area contributed by atoms with E-state index < -0.39 is 0 Å². The van der Waals surface area contributed by atoms with Gasteiger partial charge < -0.3 is 10.2 Å². The van der Waals surface area contributed by atoms with E-state index in [0.717, 1.165) is 5.92 Å². The van der Waals surface area contributed by atoms with Crippen molar-refractivity contribution in [3.63, 3.8) is 0 Å². The van der Waals surface area contributed by atoms with Crippen LogP contribution in [0.4, 0.5) is 0 Å². The Morgan fingerprint density at radius 1 is 1.27 bits per heavy atom. The van der Waals surface area contributed by atoms with Crippen molar-refractivity contribution >= 4 is 0 Å². The lowest BCUT2D eigenvalue weighted by Crippen LogP contribution is -2.45. The predicted octanol–water partition coefficient (Wildman–Crippen LogP) is 2.25. The van der Waals surface area contributed by atoms with Crippen molar-refractivity contribution < 1.29 is 0 Å². The number of piperidine rings is 1. The Kier molecular flexibility index (Phi) is 3.68. The fourth-order valence-corrected chi connectivity index (χ4v) is 3.16. The van der Waals surface area contributed by atoms with E-state index in [1.54, 1.807) is 0 Å². The van der Waals surface area contributed by atoms with Crippen LogP contribution < -0.4 is 5.32 Å². The molecule has 0 aromatic carbocycles. The van der Waals surface area contributed by atoms with E-state index in [1.165, 1.54) is 58.2 Å². The molecule has 1 aliphatic heterocycles. The van der Waals surface area contributed by atoms with E-state index in [0.29, 0.717) is 5.54 Å². The molecule has 1 saturated carbocycles. The van der Waals surface area contributed by atoms with Crippen LogP contribution in [0.2, 0.25) is 0 Å². The van der Waals surface area contributed by atoms with Gasteiger partial charge in [-0.25, -0.2) is 0 Å². The first-order valence-electron chi connectivity index (χ1n) is 6.62. The second-order valence-electron chi connectivity index (χ2n) is 5.92. The van der Waals surface area contributed by atoms with E-state index in [1.807, 2.05) is 0 Å². The molecule has 1 saturated heterocycles. The highest BCUT2D eigenvalue weighted by molar-refractivity contribution is 4.89. The molecule has 2 aliphatic rings. The summed E-state index contributed by atoms with van der Waals surface area (Å²) < 4.78 is 0. The number of hydrogen-bond acceptors (Lipinski definition) is 2. The first kappa shape index (κ1) is 11.4. The molecule has 1 N–H and O–H groups in total. The molecule has 0 spiro atoms. The molecule has 0 amide bonds. The highest BCUT2D eigenvalue weighted by Gasteiger charge is 2.29. The fourth-order valence-electron chi connectivity index (χ4n) is 3.16. The van der Waals surface area contributed by atoms with Gasteiger partial charge in [-0.1, -0.05) is 12.8 Å². The number of rotatable bonds is 3. The highest BCUT2D eigenvalue weighted by Crippen LogP contribution is 2.29. The topological polar surface area (TPSA) is 15.3 Å². The first-order chi connectivity index (χ1) is 7.18. The molecule has 1 heterocycles. The van der Waals surface area contributed by atoms with Crippen molar-refractivity contribution in [1.29, 1.82) is 0 Å². The predicted molar refractivity (Wildman–Crippen MR) is 65.1 cm³/mol. The molecule has 0 aromatic rings. The van der Waals surface area contributed by atoms with Crippen LogP contribution in [0.3, 0.4) is 0 Å². The Bertz CT molecular complexity index is 197. The second-order valence-corrected chi connectivity index (χ2v) is 5.92. The van der Waals surface area contributed by atoms with Gasteiger partial charge in [0.2, 0.25) is 0 Å². The number of likely N-dealkylation sites (tertiary alicyclic amines) is 1. The third kappa shape index (κ3) is 3.18. The molecule has 0 bridgehead atoms. The monoisotopic (exact) mass is 210 g/mol. The zero-order valence-electron chi connectivity index (χ0n) is 10.4. The molecular formula is C13H26N2. The fraction of sp³-hybridized carbons (Fsp3) is 1.00. The summed E-state index contributed by atoms with van der Waals surface area (Å²) in [6, 6.07) is 0. The smallest absolute Gasteiger partial charge is 0.0153 e. The molecule has 2 heteroatoms. The van der Waals surface area contributed by atoms with Crippen molar-refractivity contribution in [2.45, 2.75) is 51.0 Å². The normalized spacial score (nSPS) is 32.0. The average Bonchev–Trinajstić information content (AvgIpc) is 2.63. The SMILES string of the molecule is CN1CCCC(CNC2(C)CCCC2)C1. The Hall–Kier alpha value is -0.0800. The van der Waals surface area contributed by atoms with Gasteiger partial charge in [0.1, 0.15) is 0 Å². The second kappa shape index (κ2) is 4.84. The molecule has 2 rings (SSSR count). The van der Waals surface area contributed by atoms with Gasteiger partial charge in [0.25, 0.3) is 0 Å². The number of nitrogens with one attached hydrogen (secondary N) is 1. The van der Waals surface area contributed by atoms with Crippen LogP contribution in [0.25, 0.3) is 0 Å². The van der Waals surface area contributed by atoms with Gasteiger partial charge >= 0.3 is 0 Å². The zero-order valence-corrected chi connectivity index (χ0v) is 10.4. The number of hydrogen-bond donors (Lipinski definition) is 1. The van der Waals surface area contributed by atoms with Gasteiger partial charge in [0.05, 0.1) is 0 Å². The van der Waals surface area contributed by atoms with Crippen molar-refractivity contribution in [2.75, 3.05) is 26.7 Å². The van der Waals surface area contributed by atoms with Crippen molar-refractivity contribution in [3.8, 4) is 0 Å². The van der Waals surface area contributed by atoms with Crippen LogP contribution in [0.15, 0.2) is 0 Å². The minimum atomic E-state index is 0.468. The maximum absolute atomic E-state index is 3.82. The molecule has 2 nitrogen and oxygen atoms in total. The van der Waals surface area contributed by atoms with Gasteiger partial charge in [-0.15, -0.1) is 0 Å². The Labute approximate surface area is 94.4 Å². The van der Waals surface area contributed by atoms with E-state index in [9.17, 15) is 0 Å². The van der Waals surface area contributed by atoms with Gasteiger partial charge in [0.15, 0.2) is 0 Å². The van der Waals surface area contributed by atoms with Gasteiger partial charge in [0, 0.05) is 12.1 Å². The summed E-state index contributed by atoms with van der Waals surface area (Å²) in [6.45, 7) is 6.24. The van der Waals surface area contributed by atoms with Crippen LogP contribution in [0.1, 0.15) is 45.4 Å². The van der Waals surface area contributed by atoms with Gasteiger partial charge in [-0.05, 0) is 58.7 Å². The quantitative estimate of drug-likeness (QED) is 0.768. The lowest BCUT2D eigenvalue weighted by Gasteiger charge is -2.33. The van der Waals surface area contributed by atoms with E-state index in [-0.39, 0.29) is 0 Å². The molecule has 0 radical (unpaired) electrons. The maximum atomic E-state index is 3.82. The zero-order chi connectivity index (χ0) is 10.7. The Morgan fingerprint density at radius 2 is 2.00 bits per heavy atom. The van der Waals surface area contributed by atoms with Gasteiger partial charge in [-0.3, -0.25) is 0 Å². The molecule has 0 aromatic heterocycles. The first-order valence-corrected chi connectivity index (χ1v) is 6.62. The van der Waals surface area contributed by atoms with Crippen LogP contribution in [-0.2, 0) is 0 Å². The Balaban J connectivity index is 1.72. The maximum Gasteiger partial charge on any atom is 0.0153 e. The van der Waals surface area contributed by atoms with Gasteiger partial charge in [-0.2, -0.15) is 0 Å². The highest BCUT2D eigenvalue weighted by atomic mass is 15.1.